The largest absolute Gasteiger partial charge is 0.494 e. The topological polar surface area (TPSA) is 144 Å². The highest BCUT2D eigenvalue weighted by Crippen LogP contribution is 2.21. The summed E-state index contributed by atoms with van der Waals surface area (Å²) >= 11 is 0. The van der Waals surface area contributed by atoms with Crippen molar-refractivity contribution in [1.29, 1.82) is 0 Å². The summed E-state index contributed by atoms with van der Waals surface area (Å²) in [6.45, 7) is 10.4. The fourth-order valence-corrected chi connectivity index (χ4v) is 4.70. The summed E-state index contributed by atoms with van der Waals surface area (Å²) in [5, 5.41) is 22.3. The van der Waals surface area contributed by atoms with Crippen LogP contribution in [-0.2, 0) is 60.9 Å². The smallest absolute Gasteiger partial charge is 0.329 e. The van der Waals surface area contributed by atoms with E-state index in [0.717, 1.165) is 39.7 Å². The zero-order chi connectivity index (χ0) is 34.1. The monoisotopic (exact) mass is 634 g/mol. The molecule has 3 rings (SSSR count). The Balaban J connectivity index is 1.52. The van der Waals surface area contributed by atoms with Crippen LogP contribution in [0.3, 0.4) is 0 Å². The predicted molar refractivity (Wildman–Crippen MR) is 173 cm³/mol. The second kappa shape index (κ2) is 15.6. The van der Waals surface area contributed by atoms with Gasteiger partial charge in [0, 0.05) is 18.6 Å². The molecule has 0 fully saturated rings. The second-order valence-electron chi connectivity index (χ2n) is 13.4. The van der Waals surface area contributed by atoms with E-state index in [1.165, 1.54) is 12.1 Å². The number of amides is 1. The first kappa shape index (κ1) is 35.9. The molecule has 3 N–H and O–H groups in total. The van der Waals surface area contributed by atoms with Gasteiger partial charge in [-0.15, -0.1) is 0 Å². The number of nitrogens with zero attached hydrogens (tertiary/aromatic N) is 1. The van der Waals surface area contributed by atoms with Crippen LogP contribution < -0.4 is 5.32 Å². The number of rotatable bonds is 14. The Labute approximate surface area is 270 Å². The average molecular weight is 635 g/mol. The molecule has 0 saturated heterocycles. The number of carbonyl (C=O) groups is 4. The lowest BCUT2D eigenvalue weighted by Gasteiger charge is -2.24. The lowest BCUT2D eigenvalue weighted by molar-refractivity contribution is -0.159. The third kappa shape index (κ3) is 12.4. The maximum absolute atomic E-state index is 12.9. The van der Waals surface area contributed by atoms with Crippen LogP contribution in [0.15, 0.2) is 60.7 Å². The maximum Gasteiger partial charge on any atom is 0.329 e. The number of carbonyl (C=O) groups excluding carboxylic acids is 4. The molecule has 1 aromatic heterocycles. The molecule has 0 spiro atoms. The molecule has 10 heteroatoms. The van der Waals surface area contributed by atoms with E-state index in [1.807, 2.05) is 69.3 Å². The highest BCUT2D eigenvalue weighted by Gasteiger charge is 2.27. The van der Waals surface area contributed by atoms with Crippen molar-refractivity contribution in [3.05, 3.63) is 82.9 Å². The Bertz CT molecular complexity index is 1470. The van der Waals surface area contributed by atoms with Gasteiger partial charge in [-0.25, -0.2) is 4.79 Å². The summed E-state index contributed by atoms with van der Waals surface area (Å²) in [5.41, 5.74) is 2.62. The van der Waals surface area contributed by atoms with E-state index in [2.05, 4.69) is 5.32 Å². The normalized spacial score (nSPS) is 12.3. The Morgan fingerprint density at radius 2 is 1.15 bits per heavy atom. The highest BCUT2D eigenvalue weighted by molar-refractivity contribution is 5.86. The number of aromatic hydroxyl groups is 2. The summed E-state index contributed by atoms with van der Waals surface area (Å²) in [5.74, 6) is -2.12. The molecule has 0 aliphatic rings. The standard InChI is InChI=1S/C36H46N2O8/c1-35(2,3)45-33(43)22-27-15-11-25(12-16-27)8-7-24-9-13-26(14-10-24)21-30(40)37-29(34(44)46-36(4,5)6)18-17-28(39)23-38-31(41)19-20-32(38)42/h9-16,19-20,29,41-42H,7-8,17-18,21-23H2,1-6H3,(H,37,40). The first-order chi connectivity index (χ1) is 21.5. The molecular formula is C36H46N2O8. The number of Topliss-reactive ketones (excluding diaryl/α,β-unsaturated/α-hetero) is 1. The quantitative estimate of drug-likeness (QED) is 0.211. The van der Waals surface area contributed by atoms with Crippen molar-refractivity contribution in [2.24, 2.45) is 0 Å². The van der Waals surface area contributed by atoms with Crippen molar-refractivity contribution in [3.63, 3.8) is 0 Å². The fraction of sp³-hybridized carbons (Fsp3) is 0.444. The third-order valence-electron chi connectivity index (χ3n) is 6.89. The van der Waals surface area contributed by atoms with Crippen LogP contribution in [-0.4, -0.2) is 55.7 Å². The van der Waals surface area contributed by atoms with Gasteiger partial charge in [0.25, 0.3) is 0 Å². The molecule has 2 aromatic carbocycles. The number of aromatic nitrogens is 1. The predicted octanol–water partition coefficient (Wildman–Crippen LogP) is 4.99. The SMILES string of the molecule is CC(C)(C)OC(=O)Cc1ccc(CCc2ccc(CC(=O)NC(CCC(=O)Cn3c(O)ccc3O)C(=O)OC(C)(C)C)cc2)cc1. The molecule has 248 valence electrons. The number of esters is 2. The van der Waals surface area contributed by atoms with Gasteiger partial charge in [-0.2, -0.15) is 0 Å². The summed E-state index contributed by atoms with van der Waals surface area (Å²) in [4.78, 5) is 50.4. The third-order valence-corrected chi connectivity index (χ3v) is 6.89. The van der Waals surface area contributed by atoms with Gasteiger partial charge >= 0.3 is 11.9 Å². The van der Waals surface area contributed by atoms with Crippen molar-refractivity contribution in [1.82, 2.24) is 9.88 Å². The van der Waals surface area contributed by atoms with Crippen LogP contribution in [0.1, 0.15) is 76.6 Å². The molecule has 1 amide bonds. The second-order valence-corrected chi connectivity index (χ2v) is 13.4. The zero-order valence-corrected chi connectivity index (χ0v) is 27.6. The Morgan fingerprint density at radius 1 is 0.696 bits per heavy atom. The molecule has 0 bridgehead atoms. The van der Waals surface area contributed by atoms with Crippen molar-refractivity contribution >= 4 is 23.6 Å². The van der Waals surface area contributed by atoms with Crippen molar-refractivity contribution in [2.45, 2.75) is 104 Å². The van der Waals surface area contributed by atoms with Gasteiger partial charge in [-0.05, 0) is 83.1 Å². The lowest BCUT2D eigenvalue weighted by atomic mass is 10.0. The van der Waals surface area contributed by atoms with E-state index < -0.39 is 23.2 Å². The van der Waals surface area contributed by atoms with E-state index in [-0.39, 0.29) is 61.6 Å². The molecular weight excluding hydrogens is 588 g/mol. The van der Waals surface area contributed by atoms with E-state index >= 15 is 0 Å². The number of ketones is 1. The summed E-state index contributed by atoms with van der Waals surface area (Å²) in [6, 6.07) is 17.1. The molecule has 0 saturated carbocycles. The van der Waals surface area contributed by atoms with Crippen molar-refractivity contribution < 1.29 is 38.9 Å². The first-order valence-electron chi connectivity index (χ1n) is 15.5. The number of hydrogen-bond donors (Lipinski definition) is 3. The number of hydrogen-bond acceptors (Lipinski definition) is 8. The van der Waals surface area contributed by atoms with Crippen LogP contribution >= 0.6 is 0 Å². The summed E-state index contributed by atoms with van der Waals surface area (Å²) < 4.78 is 11.9. The van der Waals surface area contributed by atoms with Crippen molar-refractivity contribution in [2.75, 3.05) is 0 Å². The van der Waals surface area contributed by atoms with E-state index in [4.69, 9.17) is 9.47 Å². The van der Waals surface area contributed by atoms with E-state index in [1.54, 1.807) is 20.8 Å². The van der Waals surface area contributed by atoms with Gasteiger partial charge in [0.05, 0.1) is 19.4 Å². The van der Waals surface area contributed by atoms with Crippen molar-refractivity contribution in [3.8, 4) is 11.8 Å². The average Bonchev–Trinajstić information content (AvgIpc) is 3.25. The van der Waals surface area contributed by atoms with Crippen LogP contribution in [0, 0.1) is 0 Å². The summed E-state index contributed by atoms with van der Waals surface area (Å²) in [7, 11) is 0. The molecule has 0 aliphatic heterocycles. The van der Waals surface area contributed by atoms with Gasteiger partial charge < -0.3 is 25.0 Å². The Kier molecular flexibility index (Phi) is 12.2. The lowest BCUT2D eigenvalue weighted by Crippen LogP contribution is -2.45. The minimum absolute atomic E-state index is 0.00317. The van der Waals surface area contributed by atoms with Gasteiger partial charge in [-0.1, -0.05) is 48.5 Å². The fourth-order valence-electron chi connectivity index (χ4n) is 4.70. The maximum atomic E-state index is 12.9. The van der Waals surface area contributed by atoms with E-state index in [0.29, 0.717) is 0 Å². The molecule has 1 atom stereocenters. The molecule has 0 aliphatic carbocycles. The zero-order valence-electron chi connectivity index (χ0n) is 27.6. The van der Waals surface area contributed by atoms with Crippen LogP contribution in [0.5, 0.6) is 11.8 Å². The molecule has 1 heterocycles. The Morgan fingerprint density at radius 3 is 1.63 bits per heavy atom. The molecule has 0 radical (unpaired) electrons. The number of aryl methyl sites for hydroxylation is 2. The highest BCUT2D eigenvalue weighted by atomic mass is 16.6. The number of nitrogens with one attached hydrogen (secondary N) is 1. The molecule has 3 aromatic rings. The van der Waals surface area contributed by atoms with Crippen LogP contribution in [0.4, 0.5) is 0 Å². The first-order valence-corrected chi connectivity index (χ1v) is 15.5. The molecule has 1 unspecified atom stereocenters. The number of benzene rings is 2. The van der Waals surface area contributed by atoms with Gasteiger partial charge in [-0.3, -0.25) is 19.0 Å². The number of ether oxygens (including phenoxy) is 2. The van der Waals surface area contributed by atoms with Crippen LogP contribution in [0.25, 0.3) is 0 Å². The summed E-state index contributed by atoms with van der Waals surface area (Å²) in [6.07, 6.45) is 1.80. The molecule has 10 nitrogen and oxygen atoms in total. The minimum atomic E-state index is -1.04. The van der Waals surface area contributed by atoms with Gasteiger partial charge in [0.1, 0.15) is 17.2 Å². The Hall–Kier alpha value is -4.60. The van der Waals surface area contributed by atoms with E-state index in [9.17, 15) is 29.4 Å². The van der Waals surface area contributed by atoms with Crippen LogP contribution in [0.2, 0.25) is 0 Å². The van der Waals surface area contributed by atoms with Gasteiger partial charge in [0.2, 0.25) is 5.91 Å². The van der Waals surface area contributed by atoms with Gasteiger partial charge in [0.15, 0.2) is 17.5 Å². The molecule has 46 heavy (non-hydrogen) atoms. The minimum Gasteiger partial charge on any atom is -0.494 e.